The molecular weight excluding hydrogens is 252 g/mol. The maximum atomic E-state index is 9.27. The van der Waals surface area contributed by atoms with E-state index in [-0.39, 0.29) is 6.61 Å². The molecule has 112 valence electrons. The fourth-order valence-corrected chi connectivity index (χ4v) is 3.43. The minimum absolute atomic E-state index is 0.275. The first-order valence-corrected chi connectivity index (χ1v) is 8.04. The second-order valence-electron chi connectivity index (χ2n) is 6.29. The predicted molar refractivity (Wildman–Crippen MR) is 77.5 cm³/mol. The molecule has 3 rings (SSSR count). The molecule has 1 N–H and O–H groups in total. The highest BCUT2D eigenvalue weighted by atomic mass is 16.3. The van der Waals surface area contributed by atoms with Crippen molar-refractivity contribution in [2.75, 3.05) is 26.2 Å². The number of hydrogen-bond acceptors (Lipinski definition) is 4. The van der Waals surface area contributed by atoms with Gasteiger partial charge in [0.25, 0.3) is 0 Å². The molecule has 2 aliphatic heterocycles. The Hall–Kier alpha value is -0.940. The van der Waals surface area contributed by atoms with E-state index in [1.54, 1.807) is 0 Å². The third-order valence-corrected chi connectivity index (χ3v) is 4.90. The largest absolute Gasteiger partial charge is 0.396 e. The Kier molecular flexibility index (Phi) is 4.36. The van der Waals surface area contributed by atoms with Gasteiger partial charge < -0.3 is 10.0 Å². The molecule has 1 atom stereocenters. The van der Waals surface area contributed by atoms with Gasteiger partial charge >= 0.3 is 0 Å². The van der Waals surface area contributed by atoms with Gasteiger partial charge in [-0.25, -0.2) is 9.67 Å². The van der Waals surface area contributed by atoms with Crippen LogP contribution in [0.15, 0.2) is 0 Å². The maximum Gasteiger partial charge on any atom is 0.151 e. The molecule has 2 aliphatic rings. The zero-order valence-electron chi connectivity index (χ0n) is 12.5. The lowest BCUT2D eigenvalue weighted by atomic mass is 9.93. The van der Waals surface area contributed by atoms with Crippen LogP contribution in [0.5, 0.6) is 0 Å². The van der Waals surface area contributed by atoms with Crippen LogP contribution in [0.4, 0.5) is 0 Å². The maximum absolute atomic E-state index is 9.27. The number of nitrogens with zero attached hydrogens (tertiary/aromatic N) is 4. The molecule has 1 saturated heterocycles. The van der Waals surface area contributed by atoms with E-state index < -0.39 is 0 Å². The number of aliphatic hydroxyl groups excluding tert-OH is 1. The Bertz CT molecular complexity index is 437. The summed E-state index contributed by atoms with van der Waals surface area (Å²) in [7, 11) is 0. The van der Waals surface area contributed by atoms with Crippen LogP contribution in [0.2, 0.25) is 0 Å². The van der Waals surface area contributed by atoms with Gasteiger partial charge in [0.15, 0.2) is 5.82 Å². The Balaban J connectivity index is 1.58. The molecule has 0 spiro atoms. The van der Waals surface area contributed by atoms with Gasteiger partial charge in [0.1, 0.15) is 5.82 Å². The van der Waals surface area contributed by atoms with Gasteiger partial charge in [-0.3, -0.25) is 0 Å². The highest BCUT2D eigenvalue weighted by Gasteiger charge is 2.24. The van der Waals surface area contributed by atoms with Gasteiger partial charge in [-0.15, -0.1) is 0 Å². The molecule has 5 nitrogen and oxygen atoms in total. The van der Waals surface area contributed by atoms with Gasteiger partial charge in [-0.2, -0.15) is 5.10 Å². The van der Waals surface area contributed by atoms with E-state index in [2.05, 4.69) is 21.6 Å². The lowest BCUT2D eigenvalue weighted by molar-refractivity contribution is 0.190. The number of rotatable bonds is 4. The van der Waals surface area contributed by atoms with Gasteiger partial charge in [0.2, 0.25) is 0 Å². The molecule has 0 saturated carbocycles. The normalized spacial score (nSPS) is 24.8. The van der Waals surface area contributed by atoms with Crippen molar-refractivity contribution in [3.8, 4) is 0 Å². The van der Waals surface area contributed by atoms with Crippen molar-refractivity contribution >= 4 is 0 Å². The van der Waals surface area contributed by atoms with Crippen molar-refractivity contribution in [2.45, 2.75) is 45.6 Å². The summed E-state index contributed by atoms with van der Waals surface area (Å²) < 4.78 is 2.06. The first-order valence-electron chi connectivity index (χ1n) is 8.04. The lowest BCUT2D eigenvalue weighted by Crippen LogP contribution is -2.34. The molecule has 5 heteroatoms. The summed E-state index contributed by atoms with van der Waals surface area (Å²) in [6, 6.07) is 0. The van der Waals surface area contributed by atoms with E-state index >= 15 is 0 Å². The summed E-state index contributed by atoms with van der Waals surface area (Å²) in [5, 5.41) is 13.9. The van der Waals surface area contributed by atoms with Crippen LogP contribution in [0.25, 0.3) is 0 Å². The molecule has 1 unspecified atom stereocenters. The molecule has 0 aliphatic carbocycles. The predicted octanol–water partition coefficient (Wildman–Crippen LogP) is 1.11. The summed E-state index contributed by atoms with van der Waals surface area (Å²) in [5.41, 5.74) is 0. The van der Waals surface area contributed by atoms with Gasteiger partial charge in [-0.05, 0) is 50.7 Å². The molecule has 0 amide bonds. The minimum atomic E-state index is 0.275. The quantitative estimate of drug-likeness (QED) is 0.896. The standard InChI is InChI=1S/C15H26N4O/c1-2-18-6-3-12(4-7-18)9-14-16-15-10-13(11-20)5-8-19(15)17-14/h12-13,20H,2-11H2,1H3. The third kappa shape index (κ3) is 3.04. The molecule has 3 heterocycles. The van der Waals surface area contributed by atoms with Crippen molar-refractivity contribution < 1.29 is 5.11 Å². The van der Waals surface area contributed by atoms with Crippen molar-refractivity contribution in [1.82, 2.24) is 19.7 Å². The monoisotopic (exact) mass is 278 g/mol. The number of aromatic nitrogens is 3. The molecule has 1 aromatic heterocycles. The first kappa shape index (κ1) is 14.0. The average Bonchev–Trinajstić information content (AvgIpc) is 2.89. The number of likely N-dealkylation sites (tertiary alicyclic amines) is 1. The summed E-state index contributed by atoms with van der Waals surface area (Å²) >= 11 is 0. The van der Waals surface area contributed by atoms with Gasteiger partial charge in [0.05, 0.1) is 0 Å². The highest BCUT2D eigenvalue weighted by Crippen LogP contribution is 2.22. The Morgan fingerprint density at radius 2 is 1.90 bits per heavy atom. The number of fused-ring (bicyclic) bond motifs is 1. The topological polar surface area (TPSA) is 54.2 Å². The number of aryl methyl sites for hydroxylation is 1. The molecule has 20 heavy (non-hydrogen) atoms. The smallest absolute Gasteiger partial charge is 0.151 e. The second-order valence-corrected chi connectivity index (χ2v) is 6.29. The summed E-state index contributed by atoms with van der Waals surface area (Å²) in [6.07, 6.45) is 5.49. The molecule has 1 aromatic rings. The highest BCUT2D eigenvalue weighted by molar-refractivity contribution is 4.99. The molecule has 0 bridgehead atoms. The molecule has 0 radical (unpaired) electrons. The third-order valence-electron chi connectivity index (χ3n) is 4.90. The fraction of sp³-hybridized carbons (Fsp3) is 0.867. The Morgan fingerprint density at radius 3 is 2.60 bits per heavy atom. The van der Waals surface area contributed by atoms with Gasteiger partial charge in [-0.1, -0.05) is 6.92 Å². The Morgan fingerprint density at radius 1 is 1.15 bits per heavy atom. The zero-order valence-corrected chi connectivity index (χ0v) is 12.5. The zero-order chi connectivity index (χ0) is 13.9. The summed E-state index contributed by atoms with van der Waals surface area (Å²) in [5.74, 6) is 3.23. The first-order chi connectivity index (χ1) is 9.78. The summed E-state index contributed by atoms with van der Waals surface area (Å²) in [4.78, 5) is 7.23. The van der Waals surface area contributed by atoms with Crippen molar-refractivity contribution in [1.29, 1.82) is 0 Å². The van der Waals surface area contributed by atoms with Crippen LogP contribution < -0.4 is 0 Å². The van der Waals surface area contributed by atoms with Crippen LogP contribution in [0, 0.1) is 11.8 Å². The summed E-state index contributed by atoms with van der Waals surface area (Å²) in [6.45, 7) is 7.05. The van der Waals surface area contributed by atoms with E-state index in [9.17, 15) is 5.11 Å². The average molecular weight is 278 g/mol. The van der Waals surface area contributed by atoms with E-state index in [1.165, 1.54) is 32.5 Å². The SMILES string of the molecule is CCN1CCC(Cc2nc3n(n2)CCC(CO)C3)CC1. The van der Waals surface area contributed by atoms with Crippen LogP contribution >= 0.6 is 0 Å². The molecular formula is C15H26N4O. The Labute approximate surface area is 121 Å². The van der Waals surface area contributed by atoms with E-state index in [1.807, 2.05) is 0 Å². The van der Waals surface area contributed by atoms with E-state index in [0.717, 1.165) is 43.4 Å². The van der Waals surface area contributed by atoms with Gasteiger partial charge in [0, 0.05) is 26.0 Å². The van der Waals surface area contributed by atoms with Crippen molar-refractivity contribution in [2.24, 2.45) is 11.8 Å². The van der Waals surface area contributed by atoms with Crippen LogP contribution in [-0.4, -0.2) is 51.0 Å². The van der Waals surface area contributed by atoms with E-state index in [0.29, 0.717) is 5.92 Å². The lowest BCUT2D eigenvalue weighted by Gasteiger charge is -2.30. The van der Waals surface area contributed by atoms with Crippen molar-refractivity contribution in [3.05, 3.63) is 11.6 Å². The molecule has 0 aromatic carbocycles. The number of aliphatic hydroxyl groups is 1. The minimum Gasteiger partial charge on any atom is -0.396 e. The fourth-order valence-electron chi connectivity index (χ4n) is 3.43. The van der Waals surface area contributed by atoms with Crippen molar-refractivity contribution in [3.63, 3.8) is 0 Å². The van der Waals surface area contributed by atoms with Crippen LogP contribution in [-0.2, 0) is 19.4 Å². The number of piperidine rings is 1. The van der Waals surface area contributed by atoms with Crippen LogP contribution in [0.3, 0.4) is 0 Å². The molecule has 1 fully saturated rings. The second kappa shape index (κ2) is 6.22. The number of hydrogen-bond donors (Lipinski definition) is 1. The van der Waals surface area contributed by atoms with E-state index in [4.69, 9.17) is 4.98 Å². The van der Waals surface area contributed by atoms with Crippen LogP contribution in [0.1, 0.15) is 37.8 Å².